The molecule has 6 nitrogen and oxygen atoms in total. The molecule has 0 saturated carbocycles. The highest BCUT2D eigenvalue weighted by molar-refractivity contribution is 9.10. The lowest BCUT2D eigenvalue weighted by Crippen LogP contribution is -2.46. The van der Waals surface area contributed by atoms with Gasteiger partial charge in [-0.15, -0.1) is 0 Å². The molecular weight excluding hydrogens is 396 g/mol. The van der Waals surface area contributed by atoms with E-state index in [4.69, 9.17) is 14.5 Å². The Hall–Kier alpha value is -1.31. The molecule has 0 bridgehead atoms. The molecule has 1 atom stereocenters. The van der Waals surface area contributed by atoms with Crippen LogP contribution < -0.4 is 10.1 Å². The minimum Gasteiger partial charge on any atom is -0.492 e. The van der Waals surface area contributed by atoms with Gasteiger partial charge in [-0.05, 0) is 31.5 Å². The molecule has 0 amide bonds. The fourth-order valence-corrected chi connectivity index (χ4v) is 3.85. The molecule has 0 spiro atoms. The smallest absolute Gasteiger partial charge is 0.194 e. The fourth-order valence-electron chi connectivity index (χ4n) is 3.47. The van der Waals surface area contributed by atoms with E-state index >= 15 is 0 Å². The molecule has 144 valence electrons. The van der Waals surface area contributed by atoms with Crippen molar-refractivity contribution in [2.24, 2.45) is 4.99 Å². The highest BCUT2D eigenvalue weighted by Crippen LogP contribution is 2.18. The Bertz CT molecular complexity index is 593. The minimum atomic E-state index is 0.575. The van der Waals surface area contributed by atoms with Gasteiger partial charge in [0.1, 0.15) is 12.4 Å². The van der Waals surface area contributed by atoms with E-state index in [1.807, 2.05) is 24.3 Å². The lowest BCUT2D eigenvalue weighted by molar-refractivity contribution is 0.0195. The largest absolute Gasteiger partial charge is 0.492 e. The van der Waals surface area contributed by atoms with Crippen molar-refractivity contribution in [3.8, 4) is 5.75 Å². The van der Waals surface area contributed by atoms with E-state index < -0.39 is 0 Å². The molecule has 1 aromatic rings. The van der Waals surface area contributed by atoms with E-state index in [9.17, 15) is 0 Å². The summed E-state index contributed by atoms with van der Waals surface area (Å²) in [7, 11) is 0. The normalized spacial score (nSPS) is 21.8. The van der Waals surface area contributed by atoms with Crippen molar-refractivity contribution in [2.75, 3.05) is 59.1 Å². The number of hydrogen-bond acceptors (Lipinski definition) is 4. The molecule has 3 rings (SSSR count). The van der Waals surface area contributed by atoms with E-state index in [0.29, 0.717) is 19.2 Å². The van der Waals surface area contributed by atoms with E-state index in [1.54, 1.807) is 0 Å². The van der Waals surface area contributed by atoms with E-state index in [0.717, 1.165) is 62.1 Å². The van der Waals surface area contributed by atoms with Gasteiger partial charge in [0.25, 0.3) is 0 Å². The van der Waals surface area contributed by atoms with Crippen LogP contribution in [0.3, 0.4) is 0 Å². The summed E-state index contributed by atoms with van der Waals surface area (Å²) in [6, 6.07) is 8.52. The highest BCUT2D eigenvalue weighted by atomic mass is 79.9. The molecule has 7 heteroatoms. The molecule has 0 aliphatic carbocycles. The van der Waals surface area contributed by atoms with Crippen LogP contribution in [-0.2, 0) is 4.74 Å². The lowest BCUT2D eigenvalue weighted by atomic mass is 10.2. The molecule has 0 radical (unpaired) electrons. The van der Waals surface area contributed by atoms with Crippen molar-refractivity contribution in [1.82, 2.24) is 15.1 Å². The third-order valence-corrected chi connectivity index (χ3v) is 5.27. The average Bonchev–Trinajstić information content (AvgIpc) is 3.15. The van der Waals surface area contributed by atoms with Crippen molar-refractivity contribution in [3.63, 3.8) is 0 Å². The van der Waals surface area contributed by atoms with Gasteiger partial charge in [-0.2, -0.15) is 0 Å². The van der Waals surface area contributed by atoms with Crippen molar-refractivity contribution < 1.29 is 9.47 Å². The standard InChI is InChI=1S/C19H29BrN4O2/c1-2-21-19(22-7-11-26-18-5-3-4-16(20)14-18)24-8-6-17(15-24)23-9-12-25-13-10-23/h3-5,14,17H,2,6-13,15H2,1H3,(H,21,22). The maximum Gasteiger partial charge on any atom is 0.194 e. The Kier molecular flexibility index (Phi) is 7.58. The number of likely N-dealkylation sites (tertiary alicyclic amines) is 1. The van der Waals surface area contributed by atoms with Crippen LogP contribution in [-0.4, -0.2) is 80.9 Å². The second-order valence-electron chi connectivity index (χ2n) is 6.58. The lowest BCUT2D eigenvalue weighted by Gasteiger charge is -2.32. The Morgan fingerprint density at radius 2 is 2.19 bits per heavy atom. The molecule has 26 heavy (non-hydrogen) atoms. The Morgan fingerprint density at radius 1 is 1.35 bits per heavy atom. The van der Waals surface area contributed by atoms with Crippen LogP contribution in [0.25, 0.3) is 0 Å². The second-order valence-corrected chi connectivity index (χ2v) is 7.49. The Balaban J connectivity index is 1.49. The molecule has 2 fully saturated rings. The Morgan fingerprint density at radius 3 is 2.96 bits per heavy atom. The number of benzene rings is 1. The SMILES string of the molecule is CCNC(=NCCOc1cccc(Br)c1)N1CCC(N2CCOCC2)C1. The van der Waals surface area contributed by atoms with E-state index in [1.165, 1.54) is 6.42 Å². The number of nitrogens with zero attached hydrogens (tertiary/aromatic N) is 3. The van der Waals surface area contributed by atoms with Gasteiger partial charge in [0.2, 0.25) is 0 Å². The van der Waals surface area contributed by atoms with Crippen molar-refractivity contribution >= 4 is 21.9 Å². The first-order chi connectivity index (χ1) is 12.8. The van der Waals surface area contributed by atoms with Crippen molar-refractivity contribution in [2.45, 2.75) is 19.4 Å². The first-order valence-corrected chi connectivity index (χ1v) is 10.3. The van der Waals surface area contributed by atoms with Gasteiger partial charge in [-0.25, -0.2) is 4.99 Å². The maximum atomic E-state index is 5.79. The van der Waals surface area contributed by atoms with Gasteiger partial charge in [0.05, 0.1) is 19.8 Å². The summed E-state index contributed by atoms with van der Waals surface area (Å²) >= 11 is 3.46. The van der Waals surface area contributed by atoms with Gasteiger partial charge < -0.3 is 19.7 Å². The van der Waals surface area contributed by atoms with Crippen LogP contribution in [0.4, 0.5) is 0 Å². The average molecular weight is 425 g/mol. The summed E-state index contributed by atoms with van der Waals surface area (Å²) in [5.74, 6) is 1.87. The number of ether oxygens (including phenoxy) is 2. The number of aliphatic imine (C=N–C) groups is 1. The van der Waals surface area contributed by atoms with Gasteiger partial charge in [0, 0.05) is 43.2 Å². The predicted molar refractivity (Wildman–Crippen MR) is 108 cm³/mol. The van der Waals surface area contributed by atoms with E-state index in [-0.39, 0.29) is 0 Å². The summed E-state index contributed by atoms with van der Waals surface area (Å²) in [5.41, 5.74) is 0. The summed E-state index contributed by atoms with van der Waals surface area (Å²) < 4.78 is 12.3. The second kappa shape index (κ2) is 10.1. The molecule has 1 unspecified atom stereocenters. The highest BCUT2D eigenvalue weighted by Gasteiger charge is 2.30. The van der Waals surface area contributed by atoms with E-state index in [2.05, 4.69) is 38.0 Å². The molecule has 0 aromatic heterocycles. The zero-order valence-electron chi connectivity index (χ0n) is 15.5. The number of rotatable bonds is 6. The fraction of sp³-hybridized carbons (Fsp3) is 0.632. The zero-order chi connectivity index (χ0) is 18.2. The molecule has 1 aromatic carbocycles. The molecule has 2 aliphatic rings. The van der Waals surface area contributed by atoms with Crippen LogP contribution in [0.5, 0.6) is 5.75 Å². The van der Waals surface area contributed by atoms with Crippen LogP contribution >= 0.6 is 15.9 Å². The van der Waals surface area contributed by atoms with Gasteiger partial charge >= 0.3 is 0 Å². The molecule has 2 heterocycles. The predicted octanol–water partition coefficient (Wildman–Crippen LogP) is 2.20. The maximum absolute atomic E-state index is 5.79. The van der Waals surface area contributed by atoms with Crippen molar-refractivity contribution in [3.05, 3.63) is 28.7 Å². The number of morpholine rings is 1. The van der Waals surface area contributed by atoms with Crippen LogP contribution in [0.2, 0.25) is 0 Å². The number of hydrogen-bond donors (Lipinski definition) is 1. The summed E-state index contributed by atoms with van der Waals surface area (Å²) in [6.45, 7) is 10.1. The minimum absolute atomic E-state index is 0.575. The topological polar surface area (TPSA) is 49.3 Å². The number of nitrogens with one attached hydrogen (secondary N) is 1. The number of halogens is 1. The van der Waals surface area contributed by atoms with Gasteiger partial charge in [0.15, 0.2) is 5.96 Å². The zero-order valence-corrected chi connectivity index (χ0v) is 17.1. The van der Waals surface area contributed by atoms with Gasteiger partial charge in [-0.1, -0.05) is 22.0 Å². The van der Waals surface area contributed by atoms with Crippen LogP contribution in [0, 0.1) is 0 Å². The Labute approximate surface area is 164 Å². The van der Waals surface area contributed by atoms with Crippen LogP contribution in [0.1, 0.15) is 13.3 Å². The van der Waals surface area contributed by atoms with Crippen molar-refractivity contribution in [1.29, 1.82) is 0 Å². The molecule has 2 saturated heterocycles. The van der Waals surface area contributed by atoms with Crippen LogP contribution in [0.15, 0.2) is 33.7 Å². The molecule has 2 aliphatic heterocycles. The third-order valence-electron chi connectivity index (χ3n) is 4.78. The monoisotopic (exact) mass is 424 g/mol. The van der Waals surface area contributed by atoms with Gasteiger partial charge in [-0.3, -0.25) is 4.90 Å². The molecular formula is C19H29BrN4O2. The summed E-state index contributed by atoms with van der Waals surface area (Å²) in [5, 5.41) is 3.43. The first kappa shape index (κ1) is 19.5. The summed E-state index contributed by atoms with van der Waals surface area (Å²) in [6.07, 6.45) is 1.19. The number of guanidine groups is 1. The quantitative estimate of drug-likeness (QED) is 0.430. The molecule has 1 N–H and O–H groups in total. The first-order valence-electron chi connectivity index (χ1n) is 9.49. The summed E-state index contributed by atoms with van der Waals surface area (Å²) in [4.78, 5) is 9.70. The third kappa shape index (κ3) is 5.59.